The summed E-state index contributed by atoms with van der Waals surface area (Å²) in [7, 11) is 1.92. The molecule has 100 valence electrons. The smallest absolute Gasteiger partial charge is 0.137 e. The molecule has 2 atom stereocenters. The minimum absolute atomic E-state index is 0.106. The van der Waals surface area contributed by atoms with E-state index in [4.69, 9.17) is 11.1 Å². The van der Waals surface area contributed by atoms with Crippen molar-refractivity contribution >= 4 is 23.4 Å². The summed E-state index contributed by atoms with van der Waals surface area (Å²) in [6.07, 6.45) is 0. The van der Waals surface area contributed by atoms with Crippen LogP contribution in [0.5, 0.6) is 0 Å². The topological polar surface area (TPSA) is 70.9 Å². The largest absolute Gasteiger partial charge is 0.384 e. The zero-order chi connectivity index (χ0) is 13.4. The van der Waals surface area contributed by atoms with Crippen molar-refractivity contribution in [1.82, 2.24) is 9.78 Å². The summed E-state index contributed by atoms with van der Waals surface area (Å²) in [4.78, 5) is 2.31. The highest BCUT2D eigenvalue weighted by atomic mass is 32.2. The number of nitrogens with two attached hydrogens (primary N) is 1. The zero-order valence-corrected chi connectivity index (χ0v) is 12.2. The second-order valence-electron chi connectivity index (χ2n) is 4.98. The number of nitrogens with zero attached hydrogens (tertiary/aromatic N) is 3. The molecule has 1 saturated heterocycles. The van der Waals surface area contributed by atoms with Gasteiger partial charge < -0.3 is 10.6 Å². The number of aryl methyl sites for hydroxylation is 2. The number of nitrogens with one attached hydrogen (secondary N) is 1. The van der Waals surface area contributed by atoms with Crippen molar-refractivity contribution in [1.29, 1.82) is 5.41 Å². The summed E-state index contributed by atoms with van der Waals surface area (Å²) in [5, 5.41) is 13.3. The Kier molecular flexibility index (Phi) is 3.56. The number of nitrogen functional groups attached to an aromatic ring is 1. The zero-order valence-electron chi connectivity index (χ0n) is 11.4. The maximum Gasteiger partial charge on any atom is 0.137 e. The molecule has 1 aromatic heterocycles. The fourth-order valence-corrected chi connectivity index (χ4v) is 4.00. The molecule has 0 aliphatic carbocycles. The highest BCUT2D eigenvalue weighted by molar-refractivity contribution is 8.00. The molecule has 18 heavy (non-hydrogen) atoms. The number of hydrogen-bond donors (Lipinski definition) is 2. The molecule has 1 aliphatic rings. The van der Waals surface area contributed by atoms with Crippen LogP contribution in [0.15, 0.2) is 0 Å². The molecular formula is C12H21N5S. The highest BCUT2D eigenvalue weighted by Crippen LogP contribution is 2.31. The van der Waals surface area contributed by atoms with Gasteiger partial charge in [-0.3, -0.25) is 10.1 Å². The fraction of sp³-hybridized carbons (Fsp3) is 0.667. The predicted octanol–water partition coefficient (Wildman–Crippen LogP) is 1.34. The van der Waals surface area contributed by atoms with Crippen LogP contribution in [0, 0.1) is 12.3 Å². The highest BCUT2D eigenvalue weighted by Gasteiger charge is 2.28. The summed E-state index contributed by atoms with van der Waals surface area (Å²) in [5.74, 6) is 1.09. The van der Waals surface area contributed by atoms with Crippen LogP contribution in [0.1, 0.15) is 25.1 Å². The molecule has 2 unspecified atom stereocenters. The second kappa shape index (κ2) is 4.84. The molecule has 0 amide bonds. The van der Waals surface area contributed by atoms with E-state index in [2.05, 4.69) is 23.8 Å². The molecule has 2 rings (SSSR count). The monoisotopic (exact) mass is 267 g/mol. The number of thioether (sulfide) groups is 1. The van der Waals surface area contributed by atoms with Crippen LogP contribution < -0.4 is 10.6 Å². The lowest BCUT2D eigenvalue weighted by Gasteiger charge is -2.36. The van der Waals surface area contributed by atoms with Crippen molar-refractivity contribution in [3.8, 4) is 0 Å². The van der Waals surface area contributed by atoms with Gasteiger partial charge in [0.2, 0.25) is 0 Å². The molecule has 1 aromatic rings. The van der Waals surface area contributed by atoms with Crippen molar-refractivity contribution in [2.75, 3.05) is 18.0 Å². The van der Waals surface area contributed by atoms with E-state index in [1.54, 1.807) is 0 Å². The van der Waals surface area contributed by atoms with Crippen molar-refractivity contribution in [2.45, 2.75) is 31.3 Å². The molecule has 1 aliphatic heterocycles. The van der Waals surface area contributed by atoms with Crippen molar-refractivity contribution in [3.05, 3.63) is 11.3 Å². The molecule has 5 nitrogen and oxygen atoms in total. The Labute approximate surface area is 112 Å². The summed E-state index contributed by atoms with van der Waals surface area (Å²) in [5.41, 5.74) is 7.32. The Balaban J connectivity index is 2.41. The number of amidine groups is 1. The molecule has 2 heterocycles. The quantitative estimate of drug-likeness (QED) is 0.626. The van der Waals surface area contributed by atoms with E-state index >= 15 is 0 Å². The first-order chi connectivity index (χ1) is 8.40. The molecule has 0 saturated carbocycles. The molecular weight excluding hydrogens is 246 g/mol. The molecule has 0 bridgehead atoms. The lowest BCUT2D eigenvalue weighted by atomic mass is 10.2. The van der Waals surface area contributed by atoms with Crippen molar-refractivity contribution in [3.63, 3.8) is 0 Å². The van der Waals surface area contributed by atoms with Crippen LogP contribution in [-0.4, -0.2) is 39.2 Å². The Hall–Kier alpha value is -1.17. The van der Waals surface area contributed by atoms with Gasteiger partial charge in [-0.2, -0.15) is 16.9 Å². The van der Waals surface area contributed by atoms with E-state index in [0.717, 1.165) is 30.2 Å². The van der Waals surface area contributed by atoms with E-state index in [1.807, 2.05) is 30.4 Å². The third kappa shape index (κ3) is 2.34. The first-order valence-corrected chi connectivity index (χ1v) is 7.12. The summed E-state index contributed by atoms with van der Waals surface area (Å²) in [6, 6.07) is 0. The van der Waals surface area contributed by atoms with E-state index in [1.165, 1.54) is 0 Å². The number of rotatable bonds is 2. The van der Waals surface area contributed by atoms with Gasteiger partial charge in [0.1, 0.15) is 11.7 Å². The third-order valence-corrected chi connectivity index (χ3v) is 4.41. The molecule has 3 N–H and O–H groups in total. The second-order valence-corrected chi connectivity index (χ2v) is 6.87. The Morgan fingerprint density at radius 1 is 1.39 bits per heavy atom. The van der Waals surface area contributed by atoms with E-state index < -0.39 is 0 Å². The summed E-state index contributed by atoms with van der Waals surface area (Å²) >= 11 is 2.01. The first kappa shape index (κ1) is 13.3. The number of aromatic nitrogens is 2. The average molecular weight is 267 g/mol. The Morgan fingerprint density at radius 2 is 1.94 bits per heavy atom. The maximum absolute atomic E-state index is 7.74. The van der Waals surface area contributed by atoms with Crippen LogP contribution in [0.25, 0.3) is 0 Å². The first-order valence-electron chi connectivity index (χ1n) is 6.18. The minimum Gasteiger partial charge on any atom is -0.384 e. The van der Waals surface area contributed by atoms with Gasteiger partial charge >= 0.3 is 0 Å². The van der Waals surface area contributed by atoms with Crippen LogP contribution in [0.4, 0.5) is 5.82 Å². The molecule has 0 spiro atoms. The van der Waals surface area contributed by atoms with Gasteiger partial charge in [-0.1, -0.05) is 13.8 Å². The van der Waals surface area contributed by atoms with Gasteiger partial charge in [0.15, 0.2) is 0 Å². The number of hydrogen-bond acceptors (Lipinski definition) is 4. The minimum atomic E-state index is 0.106. The summed E-state index contributed by atoms with van der Waals surface area (Å²) < 4.78 is 1.85. The van der Waals surface area contributed by atoms with Gasteiger partial charge in [-0.05, 0) is 6.92 Å². The SMILES string of the molecule is Cc1nn(C)c(N2CC(C)SC(C)C2)c1C(=N)N. The Bertz CT molecular complexity index is 457. The molecule has 0 aromatic carbocycles. The Morgan fingerprint density at radius 3 is 2.44 bits per heavy atom. The lowest BCUT2D eigenvalue weighted by Crippen LogP contribution is -2.42. The van der Waals surface area contributed by atoms with Gasteiger partial charge in [-0.15, -0.1) is 0 Å². The van der Waals surface area contributed by atoms with E-state index in [9.17, 15) is 0 Å². The lowest BCUT2D eigenvalue weighted by molar-refractivity contribution is 0.669. The van der Waals surface area contributed by atoms with Crippen LogP contribution >= 0.6 is 11.8 Å². The molecule has 6 heteroatoms. The van der Waals surface area contributed by atoms with E-state index in [-0.39, 0.29) is 5.84 Å². The maximum atomic E-state index is 7.74. The van der Waals surface area contributed by atoms with Crippen LogP contribution in [-0.2, 0) is 7.05 Å². The van der Waals surface area contributed by atoms with Gasteiger partial charge in [0, 0.05) is 30.6 Å². The van der Waals surface area contributed by atoms with Crippen molar-refractivity contribution in [2.24, 2.45) is 12.8 Å². The third-order valence-electron chi connectivity index (χ3n) is 3.18. The van der Waals surface area contributed by atoms with Gasteiger partial charge in [0.05, 0.1) is 11.3 Å². The predicted molar refractivity (Wildman–Crippen MR) is 77.7 cm³/mol. The van der Waals surface area contributed by atoms with Gasteiger partial charge in [-0.25, -0.2) is 0 Å². The van der Waals surface area contributed by atoms with Gasteiger partial charge in [0.25, 0.3) is 0 Å². The van der Waals surface area contributed by atoms with E-state index in [0.29, 0.717) is 10.5 Å². The normalized spacial score (nSPS) is 24.3. The molecule has 1 fully saturated rings. The van der Waals surface area contributed by atoms with Crippen LogP contribution in [0.2, 0.25) is 0 Å². The molecule has 0 radical (unpaired) electrons. The average Bonchev–Trinajstić information content (AvgIpc) is 2.51. The van der Waals surface area contributed by atoms with Crippen LogP contribution in [0.3, 0.4) is 0 Å². The van der Waals surface area contributed by atoms with Crippen molar-refractivity contribution < 1.29 is 0 Å². The summed E-state index contributed by atoms with van der Waals surface area (Å²) in [6.45, 7) is 8.35. The fourth-order valence-electron chi connectivity index (χ4n) is 2.67. The standard InChI is InChI=1S/C12H21N5S/c1-7-5-17(6-8(2)18-7)12-10(11(13)14)9(3)15-16(12)4/h7-8H,5-6H2,1-4H3,(H3,13,14). The number of anilines is 1.